The lowest BCUT2D eigenvalue weighted by atomic mass is 9.84. The second-order valence-corrected chi connectivity index (χ2v) is 8.34. The van der Waals surface area contributed by atoms with Crippen LogP contribution in [0.15, 0.2) is 57.3 Å². The van der Waals surface area contributed by atoms with Gasteiger partial charge in [-0.3, -0.25) is 9.59 Å². The fourth-order valence-electron chi connectivity index (χ4n) is 3.38. The number of carbonyl (C=O) groups excluding carboxylic acids is 2. The molecule has 2 aliphatic rings. The summed E-state index contributed by atoms with van der Waals surface area (Å²) in [6.07, 6.45) is 10.5. The van der Waals surface area contributed by atoms with Crippen molar-refractivity contribution in [3.63, 3.8) is 0 Å². The molecule has 0 amide bonds. The highest BCUT2D eigenvalue weighted by Crippen LogP contribution is 2.41. The average Bonchev–Trinajstić information content (AvgIpc) is 3.20. The predicted molar refractivity (Wildman–Crippen MR) is 102 cm³/mol. The van der Waals surface area contributed by atoms with E-state index < -0.39 is 0 Å². The molecule has 1 aliphatic heterocycles. The van der Waals surface area contributed by atoms with Crippen LogP contribution in [0, 0.1) is 5.92 Å². The molecule has 1 heterocycles. The van der Waals surface area contributed by atoms with Gasteiger partial charge in [0.25, 0.3) is 0 Å². The Morgan fingerprint density at radius 2 is 1.80 bits per heavy atom. The van der Waals surface area contributed by atoms with E-state index in [-0.39, 0.29) is 23.2 Å². The molecule has 0 radical (unpaired) electrons. The summed E-state index contributed by atoms with van der Waals surface area (Å²) in [6, 6.07) is 7.68. The number of hydrogen-bond acceptors (Lipinski definition) is 4. The van der Waals surface area contributed by atoms with Crippen molar-refractivity contribution < 1.29 is 14.4 Å². The predicted octanol–water partition coefficient (Wildman–Crippen LogP) is 4.77. The number of nitrogens with zero attached hydrogens (tertiary/aromatic N) is 1. The van der Waals surface area contributed by atoms with Crippen LogP contribution in [0.2, 0.25) is 0 Å². The van der Waals surface area contributed by atoms with E-state index >= 15 is 0 Å². The highest BCUT2D eigenvalue weighted by Gasteiger charge is 2.22. The van der Waals surface area contributed by atoms with Gasteiger partial charge in [0.2, 0.25) is 5.78 Å². The lowest BCUT2D eigenvalue weighted by molar-refractivity contribution is -0.128. The SMILES string of the molecule is O=CON=C(CC1CCCCC1)C(=O)c1ccc([SH]2C=CC=C2)cc1. The zero-order valence-electron chi connectivity index (χ0n) is 14.1. The molecule has 0 aromatic heterocycles. The second-order valence-electron chi connectivity index (χ2n) is 6.41. The summed E-state index contributed by atoms with van der Waals surface area (Å²) in [6.45, 7) is 0.263. The van der Waals surface area contributed by atoms with Gasteiger partial charge >= 0.3 is 6.47 Å². The Morgan fingerprint density at radius 3 is 2.44 bits per heavy atom. The Kier molecular flexibility index (Phi) is 6.23. The van der Waals surface area contributed by atoms with Crippen molar-refractivity contribution in [1.82, 2.24) is 0 Å². The molecule has 0 N–H and O–H groups in total. The fourth-order valence-corrected chi connectivity index (χ4v) is 4.89. The lowest BCUT2D eigenvalue weighted by Crippen LogP contribution is -2.20. The van der Waals surface area contributed by atoms with Gasteiger partial charge in [-0.15, -0.1) is 0 Å². The van der Waals surface area contributed by atoms with Gasteiger partial charge in [0.1, 0.15) is 5.71 Å². The first-order chi connectivity index (χ1) is 12.3. The molecular weight excluding hydrogens is 334 g/mol. The Balaban J connectivity index is 1.73. The molecule has 0 saturated heterocycles. The van der Waals surface area contributed by atoms with Crippen molar-refractivity contribution in [2.24, 2.45) is 11.1 Å². The fraction of sp³-hybridized carbons (Fsp3) is 0.350. The van der Waals surface area contributed by atoms with Crippen LogP contribution in [0.4, 0.5) is 0 Å². The van der Waals surface area contributed by atoms with Gasteiger partial charge in [-0.1, -0.05) is 49.4 Å². The molecule has 1 saturated carbocycles. The first-order valence-electron chi connectivity index (χ1n) is 8.72. The Morgan fingerprint density at radius 1 is 1.12 bits per heavy atom. The van der Waals surface area contributed by atoms with E-state index in [1.807, 2.05) is 24.3 Å². The van der Waals surface area contributed by atoms with Crippen molar-refractivity contribution in [3.05, 3.63) is 52.8 Å². The normalized spacial score (nSPS) is 19.2. The summed E-state index contributed by atoms with van der Waals surface area (Å²) in [5.41, 5.74) is 0.938. The monoisotopic (exact) mass is 357 g/mol. The number of oxime groups is 1. The van der Waals surface area contributed by atoms with Crippen molar-refractivity contribution in [3.8, 4) is 0 Å². The molecule has 1 fully saturated rings. The van der Waals surface area contributed by atoms with Crippen LogP contribution in [-0.2, 0) is 9.63 Å². The molecule has 3 rings (SSSR count). The average molecular weight is 357 g/mol. The van der Waals surface area contributed by atoms with Gasteiger partial charge in [0.15, 0.2) is 0 Å². The molecule has 1 aromatic rings. The van der Waals surface area contributed by atoms with E-state index in [0.717, 1.165) is 12.8 Å². The minimum absolute atomic E-state index is 0.149. The maximum absolute atomic E-state index is 12.8. The summed E-state index contributed by atoms with van der Waals surface area (Å²) in [5, 5.41) is 8.15. The van der Waals surface area contributed by atoms with Gasteiger partial charge in [-0.25, -0.2) is 0 Å². The van der Waals surface area contributed by atoms with Crippen LogP contribution in [0.3, 0.4) is 0 Å². The minimum Gasteiger partial charge on any atom is -0.321 e. The third kappa shape index (κ3) is 4.69. The summed E-state index contributed by atoms with van der Waals surface area (Å²) < 4.78 is 0. The van der Waals surface area contributed by atoms with E-state index in [2.05, 4.69) is 33.0 Å². The molecule has 25 heavy (non-hydrogen) atoms. The standard InChI is InChI=1S/C20H23NO3S/c22-15-24-21-19(14-16-6-2-1-3-7-16)20(23)17-8-10-18(11-9-17)25-12-4-5-13-25/h4-5,8-13,15-16,25H,1-3,6-7,14H2. The maximum atomic E-state index is 12.8. The van der Waals surface area contributed by atoms with E-state index in [4.69, 9.17) is 0 Å². The summed E-state index contributed by atoms with van der Waals surface area (Å²) >= 11 is 0. The molecule has 132 valence electrons. The number of hydrogen-bond donors (Lipinski definition) is 1. The summed E-state index contributed by atoms with van der Waals surface area (Å²) in [5.74, 6) is 0.299. The first kappa shape index (κ1) is 17.7. The molecular formula is C20H23NO3S. The van der Waals surface area contributed by atoms with E-state index in [1.54, 1.807) is 0 Å². The summed E-state index contributed by atoms with van der Waals surface area (Å²) in [4.78, 5) is 29.1. The largest absolute Gasteiger partial charge is 0.323 e. The van der Waals surface area contributed by atoms with Gasteiger partial charge in [-0.05, 0) is 52.3 Å². The van der Waals surface area contributed by atoms with Crippen LogP contribution >= 0.6 is 10.9 Å². The number of Topliss-reactive ketones (excluding diaryl/α,β-unsaturated/α-hetero) is 1. The molecule has 0 spiro atoms. The Bertz CT molecular complexity index is 688. The maximum Gasteiger partial charge on any atom is 0.323 e. The molecule has 0 atom stereocenters. The second kappa shape index (κ2) is 8.81. The van der Waals surface area contributed by atoms with Crippen LogP contribution in [0.5, 0.6) is 0 Å². The molecule has 4 nitrogen and oxygen atoms in total. The van der Waals surface area contributed by atoms with Crippen LogP contribution < -0.4 is 0 Å². The van der Waals surface area contributed by atoms with Crippen LogP contribution in [0.1, 0.15) is 48.9 Å². The zero-order chi connectivity index (χ0) is 17.5. The minimum atomic E-state index is -0.384. The topological polar surface area (TPSA) is 55.7 Å². The smallest absolute Gasteiger partial charge is 0.321 e. The van der Waals surface area contributed by atoms with Crippen molar-refractivity contribution in [1.29, 1.82) is 0 Å². The first-order valence-corrected chi connectivity index (χ1v) is 10.2. The van der Waals surface area contributed by atoms with E-state index in [9.17, 15) is 9.59 Å². The third-order valence-corrected chi connectivity index (χ3v) is 6.59. The van der Waals surface area contributed by atoms with Crippen molar-refractivity contribution in [2.45, 2.75) is 43.4 Å². The Hall–Kier alpha value is -2.14. The van der Waals surface area contributed by atoms with Gasteiger partial charge in [0.05, 0.1) is 0 Å². The summed E-state index contributed by atoms with van der Waals surface area (Å²) in [7, 11) is -0.384. The highest BCUT2D eigenvalue weighted by molar-refractivity contribution is 8.22. The molecule has 5 heteroatoms. The Labute approximate surface area is 151 Å². The quantitative estimate of drug-likeness (QED) is 0.191. The number of benzene rings is 1. The molecule has 1 aliphatic carbocycles. The van der Waals surface area contributed by atoms with Gasteiger partial charge in [0, 0.05) is 5.56 Å². The van der Waals surface area contributed by atoms with Crippen LogP contribution in [0.25, 0.3) is 0 Å². The molecule has 0 unspecified atom stereocenters. The lowest BCUT2D eigenvalue weighted by Gasteiger charge is -2.21. The van der Waals surface area contributed by atoms with Crippen LogP contribution in [-0.4, -0.2) is 18.0 Å². The number of allylic oxidation sites excluding steroid dienone is 2. The number of rotatable bonds is 7. The van der Waals surface area contributed by atoms with Crippen molar-refractivity contribution >= 4 is 28.9 Å². The molecule has 1 aromatic carbocycles. The molecule has 0 bridgehead atoms. The van der Waals surface area contributed by atoms with Gasteiger partial charge in [-0.2, -0.15) is 10.9 Å². The van der Waals surface area contributed by atoms with Crippen molar-refractivity contribution in [2.75, 3.05) is 0 Å². The highest BCUT2D eigenvalue weighted by atomic mass is 32.2. The number of ketones is 1. The number of thiol groups is 1. The number of carbonyl (C=O) groups is 2. The van der Waals surface area contributed by atoms with E-state index in [0.29, 0.717) is 23.6 Å². The van der Waals surface area contributed by atoms with E-state index in [1.165, 1.54) is 24.2 Å². The van der Waals surface area contributed by atoms with Gasteiger partial charge < -0.3 is 4.84 Å². The zero-order valence-corrected chi connectivity index (χ0v) is 15.0. The third-order valence-electron chi connectivity index (χ3n) is 4.71.